The Morgan fingerprint density at radius 1 is 1.26 bits per heavy atom. The molecule has 1 aliphatic carbocycles. The van der Waals surface area contributed by atoms with Crippen LogP contribution in [0.2, 0.25) is 0 Å². The molecular weight excluding hydrogens is 469 g/mol. The largest absolute Gasteiger partial charge is 0.357 e. The van der Waals surface area contributed by atoms with Gasteiger partial charge in [0, 0.05) is 31.1 Å². The third kappa shape index (κ3) is 7.34. The number of hydrogen-bond donors (Lipinski definition) is 2. The first-order valence-corrected chi connectivity index (χ1v) is 11.0. The van der Waals surface area contributed by atoms with Crippen molar-refractivity contribution in [1.29, 1.82) is 0 Å². The minimum absolute atomic E-state index is 0. The number of nitrogens with one attached hydrogen (secondary N) is 2. The molecule has 7 heteroatoms. The lowest BCUT2D eigenvalue weighted by Gasteiger charge is -2.31. The molecule has 27 heavy (non-hydrogen) atoms. The van der Waals surface area contributed by atoms with Crippen LogP contribution >= 0.6 is 35.3 Å². The highest BCUT2D eigenvalue weighted by atomic mass is 127. The van der Waals surface area contributed by atoms with Crippen molar-refractivity contribution >= 4 is 41.3 Å². The molecule has 1 aromatic rings. The molecule has 0 radical (unpaired) electrons. The summed E-state index contributed by atoms with van der Waals surface area (Å²) in [5, 5.41) is 10.4. The topological polar surface area (TPSA) is 52.6 Å². The van der Waals surface area contributed by atoms with Gasteiger partial charge < -0.3 is 10.6 Å². The zero-order valence-corrected chi connectivity index (χ0v) is 19.8. The van der Waals surface area contributed by atoms with Gasteiger partial charge in [0.25, 0.3) is 0 Å². The summed E-state index contributed by atoms with van der Waals surface area (Å²) < 4.78 is 0. The van der Waals surface area contributed by atoms with E-state index in [2.05, 4.69) is 46.9 Å². The number of likely N-dealkylation sites (tertiary alicyclic amines) is 1. The second-order valence-electron chi connectivity index (χ2n) is 7.31. The first-order chi connectivity index (χ1) is 12.8. The fourth-order valence-corrected chi connectivity index (χ4v) is 4.34. The van der Waals surface area contributed by atoms with Crippen molar-refractivity contribution in [3.8, 4) is 0 Å². The van der Waals surface area contributed by atoms with Crippen molar-refractivity contribution in [2.45, 2.75) is 58.5 Å². The molecule has 0 saturated carbocycles. The molecule has 1 aliphatic heterocycles. The van der Waals surface area contributed by atoms with Crippen LogP contribution in [0.3, 0.4) is 0 Å². The summed E-state index contributed by atoms with van der Waals surface area (Å²) in [4.78, 5) is 12.1. The molecule has 3 rings (SSSR count). The lowest BCUT2D eigenvalue weighted by molar-refractivity contribution is 0.179. The molecule has 1 fully saturated rings. The van der Waals surface area contributed by atoms with Crippen molar-refractivity contribution in [1.82, 2.24) is 20.5 Å². The van der Waals surface area contributed by atoms with E-state index >= 15 is 0 Å². The normalized spacial score (nSPS) is 19.3. The van der Waals surface area contributed by atoms with Gasteiger partial charge in [-0.15, -0.1) is 35.3 Å². The number of rotatable bonds is 7. The Labute approximate surface area is 185 Å². The fourth-order valence-electron chi connectivity index (χ4n) is 3.61. The Morgan fingerprint density at radius 3 is 2.63 bits per heavy atom. The number of hydrogen-bond acceptors (Lipinski definition) is 4. The second-order valence-corrected chi connectivity index (χ2v) is 8.25. The molecule has 0 unspecified atom stereocenters. The van der Waals surface area contributed by atoms with Crippen molar-refractivity contribution in [2.24, 2.45) is 10.9 Å². The van der Waals surface area contributed by atoms with Crippen LogP contribution < -0.4 is 10.6 Å². The number of aromatic nitrogens is 1. The standard InChI is InChI=1S/C20H33N5S.HI/c1-3-19-23-18(15-26-19)14-25-11-9-16(10-12-25)13-22-20(21-4-2)24-17-7-5-6-8-17;/h5-6,15-17H,3-4,7-14H2,1-2H3,(H2,21,22,24);1H. The van der Waals surface area contributed by atoms with Gasteiger partial charge in [0.15, 0.2) is 5.96 Å². The van der Waals surface area contributed by atoms with E-state index in [0.29, 0.717) is 12.0 Å². The van der Waals surface area contributed by atoms with Crippen molar-refractivity contribution in [2.75, 3.05) is 26.2 Å². The SMILES string of the molecule is CCNC(=NCC1CCN(Cc2csc(CC)n2)CC1)NC1CC=CC1.I. The summed E-state index contributed by atoms with van der Waals surface area (Å²) in [7, 11) is 0. The maximum absolute atomic E-state index is 4.86. The van der Waals surface area contributed by atoms with Gasteiger partial charge in [0.1, 0.15) is 0 Å². The predicted molar refractivity (Wildman–Crippen MR) is 126 cm³/mol. The Balaban J connectivity index is 0.00000261. The van der Waals surface area contributed by atoms with Crippen molar-refractivity contribution in [3.05, 3.63) is 28.2 Å². The van der Waals surface area contributed by atoms with Crippen LogP contribution in [-0.4, -0.2) is 48.1 Å². The summed E-state index contributed by atoms with van der Waals surface area (Å²) in [5.41, 5.74) is 1.24. The zero-order valence-electron chi connectivity index (χ0n) is 16.6. The van der Waals surface area contributed by atoms with Crippen LogP contribution in [0.1, 0.15) is 50.2 Å². The van der Waals surface area contributed by atoms with E-state index in [1.54, 1.807) is 11.3 Å². The van der Waals surface area contributed by atoms with Gasteiger partial charge in [-0.3, -0.25) is 9.89 Å². The third-order valence-corrected chi connectivity index (χ3v) is 6.24. The van der Waals surface area contributed by atoms with Crippen LogP contribution in [0.15, 0.2) is 22.5 Å². The first-order valence-electron chi connectivity index (χ1n) is 10.1. The van der Waals surface area contributed by atoms with E-state index in [1.165, 1.54) is 23.5 Å². The van der Waals surface area contributed by atoms with E-state index in [0.717, 1.165) is 57.9 Å². The minimum atomic E-state index is 0. The number of halogens is 1. The number of guanidine groups is 1. The molecule has 2 aliphatic rings. The van der Waals surface area contributed by atoms with Gasteiger partial charge in [-0.2, -0.15) is 0 Å². The summed E-state index contributed by atoms with van der Waals surface area (Å²) in [6.07, 6.45) is 10.2. The van der Waals surface area contributed by atoms with Crippen molar-refractivity contribution in [3.63, 3.8) is 0 Å². The molecule has 0 atom stereocenters. The highest BCUT2D eigenvalue weighted by molar-refractivity contribution is 14.0. The molecule has 1 saturated heterocycles. The van der Waals surface area contributed by atoms with E-state index in [-0.39, 0.29) is 24.0 Å². The molecule has 0 aromatic carbocycles. The minimum Gasteiger partial charge on any atom is -0.357 e. The Hall–Kier alpha value is -0.670. The maximum Gasteiger partial charge on any atom is 0.191 e. The van der Waals surface area contributed by atoms with Crippen molar-refractivity contribution < 1.29 is 0 Å². The summed E-state index contributed by atoms with van der Waals surface area (Å²) in [6.45, 7) is 9.48. The average Bonchev–Trinajstić information content (AvgIpc) is 3.33. The predicted octanol–water partition coefficient (Wildman–Crippen LogP) is 3.81. The van der Waals surface area contributed by atoms with Crippen LogP contribution in [-0.2, 0) is 13.0 Å². The lowest BCUT2D eigenvalue weighted by Crippen LogP contribution is -2.43. The first kappa shape index (κ1) is 22.6. The summed E-state index contributed by atoms with van der Waals surface area (Å²) in [5.74, 6) is 1.68. The Bertz CT molecular complexity index is 599. The second kappa shape index (κ2) is 12.0. The number of aryl methyl sites for hydroxylation is 1. The molecule has 0 bridgehead atoms. The van der Waals surface area contributed by atoms with E-state index in [9.17, 15) is 0 Å². The number of thiazole rings is 1. The van der Waals surface area contributed by atoms with Gasteiger partial charge in [0.05, 0.1) is 10.7 Å². The number of aliphatic imine (C=N–C) groups is 1. The van der Waals surface area contributed by atoms with Gasteiger partial charge in [-0.05, 0) is 58.0 Å². The molecule has 2 N–H and O–H groups in total. The molecule has 5 nitrogen and oxygen atoms in total. The van der Waals surface area contributed by atoms with E-state index in [4.69, 9.17) is 9.98 Å². The molecule has 152 valence electrons. The Morgan fingerprint density at radius 2 is 2.00 bits per heavy atom. The molecular formula is C20H34IN5S. The smallest absolute Gasteiger partial charge is 0.191 e. The number of nitrogens with zero attached hydrogens (tertiary/aromatic N) is 3. The monoisotopic (exact) mass is 503 g/mol. The van der Waals surface area contributed by atoms with Gasteiger partial charge in [0.2, 0.25) is 0 Å². The summed E-state index contributed by atoms with van der Waals surface area (Å²) >= 11 is 1.79. The van der Waals surface area contributed by atoms with Crippen LogP contribution in [0, 0.1) is 5.92 Å². The highest BCUT2D eigenvalue weighted by Crippen LogP contribution is 2.20. The fraction of sp³-hybridized carbons (Fsp3) is 0.700. The van der Waals surface area contributed by atoms with Gasteiger partial charge in [-0.1, -0.05) is 19.1 Å². The Kier molecular flexibility index (Phi) is 10.1. The third-order valence-electron chi connectivity index (χ3n) is 5.20. The molecule has 1 aromatic heterocycles. The van der Waals surface area contributed by atoms with Crippen LogP contribution in [0.4, 0.5) is 0 Å². The van der Waals surface area contributed by atoms with Gasteiger partial charge >= 0.3 is 0 Å². The van der Waals surface area contributed by atoms with E-state index in [1.807, 2.05) is 0 Å². The lowest BCUT2D eigenvalue weighted by atomic mass is 9.97. The highest BCUT2D eigenvalue weighted by Gasteiger charge is 2.20. The average molecular weight is 503 g/mol. The molecule has 0 amide bonds. The zero-order chi connectivity index (χ0) is 18.2. The van der Waals surface area contributed by atoms with Crippen LogP contribution in [0.5, 0.6) is 0 Å². The van der Waals surface area contributed by atoms with Gasteiger partial charge in [-0.25, -0.2) is 4.98 Å². The quantitative estimate of drug-likeness (QED) is 0.257. The molecule has 0 spiro atoms. The summed E-state index contributed by atoms with van der Waals surface area (Å²) in [6, 6.07) is 0.515. The molecule has 2 heterocycles. The number of piperidine rings is 1. The van der Waals surface area contributed by atoms with Crippen LogP contribution in [0.25, 0.3) is 0 Å². The maximum atomic E-state index is 4.86. The van der Waals surface area contributed by atoms with E-state index < -0.39 is 0 Å².